The molecule has 5 heteroatoms. The van der Waals surface area contributed by atoms with Crippen molar-refractivity contribution in [2.75, 3.05) is 14.2 Å². The van der Waals surface area contributed by atoms with Crippen molar-refractivity contribution in [2.45, 2.75) is 33.4 Å². The Morgan fingerprint density at radius 3 is 2.43 bits per heavy atom. The van der Waals surface area contributed by atoms with Crippen molar-refractivity contribution in [3.8, 4) is 11.5 Å². The highest BCUT2D eigenvalue weighted by molar-refractivity contribution is 5.42. The van der Waals surface area contributed by atoms with E-state index in [4.69, 9.17) is 9.47 Å². The van der Waals surface area contributed by atoms with Crippen LogP contribution < -0.4 is 9.47 Å². The monoisotopic (exact) mass is 290 g/mol. The van der Waals surface area contributed by atoms with Gasteiger partial charge in [0.2, 0.25) is 0 Å². The lowest BCUT2D eigenvalue weighted by atomic mass is 10.1. The minimum absolute atomic E-state index is 0.392. The smallest absolute Gasteiger partial charge is 0.128 e. The first-order chi connectivity index (χ1) is 9.97. The lowest BCUT2D eigenvalue weighted by Gasteiger charge is -2.16. The second kappa shape index (κ2) is 6.18. The molecule has 2 aromatic rings. The molecule has 0 bridgehead atoms. The molecule has 114 valence electrons. The maximum atomic E-state index is 10.5. The average Bonchev–Trinajstić information content (AvgIpc) is 2.73. The van der Waals surface area contributed by atoms with Gasteiger partial charge in [0.25, 0.3) is 0 Å². The van der Waals surface area contributed by atoms with Crippen molar-refractivity contribution >= 4 is 0 Å². The van der Waals surface area contributed by atoms with E-state index in [-0.39, 0.29) is 0 Å². The largest absolute Gasteiger partial charge is 0.497 e. The summed E-state index contributed by atoms with van der Waals surface area (Å²) in [4.78, 5) is 0. The number of aromatic nitrogens is 2. The van der Waals surface area contributed by atoms with Gasteiger partial charge in [-0.25, -0.2) is 0 Å². The summed E-state index contributed by atoms with van der Waals surface area (Å²) in [5.41, 5.74) is 3.94. The molecule has 0 fully saturated rings. The van der Waals surface area contributed by atoms with Crippen molar-refractivity contribution in [1.82, 2.24) is 9.78 Å². The van der Waals surface area contributed by atoms with Crippen molar-refractivity contribution in [3.05, 3.63) is 40.7 Å². The van der Waals surface area contributed by atoms with Crippen LogP contribution >= 0.6 is 0 Å². The van der Waals surface area contributed by atoms with Gasteiger partial charge in [0, 0.05) is 17.3 Å². The maximum absolute atomic E-state index is 10.5. The SMILES string of the molecule is COc1ccc(C(O)Cn2nc(C)c(C)c2C)c(OC)c1. The number of aliphatic hydroxyl groups excluding tert-OH is 1. The van der Waals surface area contributed by atoms with Gasteiger partial charge < -0.3 is 14.6 Å². The van der Waals surface area contributed by atoms with Crippen LogP contribution in [0.5, 0.6) is 11.5 Å². The summed E-state index contributed by atoms with van der Waals surface area (Å²) in [5, 5.41) is 14.9. The number of methoxy groups -OCH3 is 2. The summed E-state index contributed by atoms with van der Waals surface area (Å²) in [6.45, 7) is 6.41. The van der Waals surface area contributed by atoms with Gasteiger partial charge in [0.1, 0.15) is 17.6 Å². The standard InChI is InChI=1S/C16H22N2O3/c1-10-11(2)17-18(12(10)3)9-15(19)14-7-6-13(20-4)8-16(14)21-5/h6-8,15,19H,9H2,1-5H3. The quantitative estimate of drug-likeness (QED) is 0.919. The predicted octanol–water partition coefficient (Wildman–Crippen LogP) is 2.56. The fraction of sp³-hybridized carbons (Fsp3) is 0.438. The molecule has 1 aromatic heterocycles. The molecule has 2 rings (SSSR count). The second-order valence-corrected chi connectivity index (χ2v) is 5.10. The van der Waals surface area contributed by atoms with Crippen LogP contribution in [0.3, 0.4) is 0 Å². The zero-order valence-electron chi connectivity index (χ0n) is 13.2. The fourth-order valence-corrected chi connectivity index (χ4v) is 2.32. The van der Waals surface area contributed by atoms with Crippen LogP contribution in [-0.2, 0) is 6.54 Å². The van der Waals surface area contributed by atoms with Gasteiger partial charge in [-0.3, -0.25) is 4.68 Å². The number of hydrogen-bond acceptors (Lipinski definition) is 4. The molecule has 1 heterocycles. The van der Waals surface area contributed by atoms with E-state index in [1.807, 2.05) is 37.6 Å². The van der Waals surface area contributed by atoms with Crippen molar-refractivity contribution < 1.29 is 14.6 Å². The molecule has 0 aliphatic heterocycles. The van der Waals surface area contributed by atoms with Gasteiger partial charge in [0.05, 0.1) is 26.5 Å². The molecule has 0 spiro atoms. The highest BCUT2D eigenvalue weighted by Gasteiger charge is 2.17. The number of rotatable bonds is 5. The van der Waals surface area contributed by atoms with E-state index in [0.717, 1.165) is 22.5 Å². The summed E-state index contributed by atoms with van der Waals surface area (Å²) in [5.74, 6) is 1.31. The van der Waals surface area contributed by atoms with E-state index in [0.29, 0.717) is 18.0 Å². The van der Waals surface area contributed by atoms with Crippen molar-refractivity contribution in [3.63, 3.8) is 0 Å². The summed E-state index contributed by atoms with van der Waals surface area (Å²) in [6, 6.07) is 5.40. The summed E-state index contributed by atoms with van der Waals surface area (Å²) >= 11 is 0. The Morgan fingerprint density at radius 1 is 1.19 bits per heavy atom. The molecular formula is C16H22N2O3. The van der Waals surface area contributed by atoms with Crippen LogP contribution in [0.25, 0.3) is 0 Å². The number of aliphatic hydroxyl groups is 1. The molecule has 0 amide bonds. The molecule has 1 N–H and O–H groups in total. The summed E-state index contributed by atoms with van der Waals surface area (Å²) in [7, 11) is 3.18. The summed E-state index contributed by atoms with van der Waals surface area (Å²) < 4.78 is 12.3. The molecule has 0 aliphatic carbocycles. The maximum Gasteiger partial charge on any atom is 0.128 e. The minimum Gasteiger partial charge on any atom is -0.497 e. The lowest BCUT2D eigenvalue weighted by molar-refractivity contribution is 0.146. The molecule has 0 radical (unpaired) electrons. The van der Waals surface area contributed by atoms with Crippen molar-refractivity contribution in [2.24, 2.45) is 0 Å². The molecule has 5 nitrogen and oxygen atoms in total. The third-order valence-corrected chi connectivity index (χ3v) is 3.89. The Labute approximate surface area is 125 Å². The van der Waals surface area contributed by atoms with Gasteiger partial charge in [-0.05, 0) is 38.5 Å². The Kier molecular flexibility index (Phi) is 4.53. The number of ether oxygens (including phenoxy) is 2. The van der Waals surface area contributed by atoms with E-state index in [1.54, 1.807) is 20.3 Å². The fourth-order valence-electron chi connectivity index (χ4n) is 2.32. The van der Waals surface area contributed by atoms with Crippen LogP contribution in [0.15, 0.2) is 18.2 Å². The van der Waals surface area contributed by atoms with E-state index >= 15 is 0 Å². The number of nitrogens with zero attached hydrogens (tertiary/aromatic N) is 2. The van der Waals surface area contributed by atoms with Gasteiger partial charge in [-0.2, -0.15) is 5.10 Å². The highest BCUT2D eigenvalue weighted by atomic mass is 16.5. The third-order valence-electron chi connectivity index (χ3n) is 3.89. The first-order valence-corrected chi connectivity index (χ1v) is 6.88. The Bertz CT molecular complexity index is 635. The van der Waals surface area contributed by atoms with E-state index in [2.05, 4.69) is 5.10 Å². The number of hydrogen-bond donors (Lipinski definition) is 1. The van der Waals surface area contributed by atoms with Crippen LogP contribution in [0.1, 0.15) is 28.6 Å². The lowest BCUT2D eigenvalue weighted by Crippen LogP contribution is -2.12. The molecule has 1 unspecified atom stereocenters. The van der Waals surface area contributed by atoms with E-state index < -0.39 is 6.10 Å². The Morgan fingerprint density at radius 2 is 1.90 bits per heavy atom. The molecule has 1 atom stereocenters. The normalized spacial score (nSPS) is 12.3. The van der Waals surface area contributed by atoms with Gasteiger partial charge >= 0.3 is 0 Å². The molecule has 0 saturated heterocycles. The molecule has 0 aliphatic rings. The first-order valence-electron chi connectivity index (χ1n) is 6.88. The average molecular weight is 290 g/mol. The van der Waals surface area contributed by atoms with E-state index in [9.17, 15) is 5.11 Å². The highest BCUT2D eigenvalue weighted by Crippen LogP contribution is 2.30. The Hall–Kier alpha value is -2.01. The zero-order chi connectivity index (χ0) is 15.6. The van der Waals surface area contributed by atoms with Crippen LogP contribution in [0, 0.1) is 20.8 Å². The Balaban J connectivity index is 2.27. The summed E-state index contributed by atoms with van der Waals surface area (Å²) in [6.07, 6.45) is -0.691. The van der Waals surface area contributed by atoms with Crippen LogP contribution in [0.4, 0.5) is 0 Å². The predicted molar refractivity (Wildman–Crippen MR) is 80.9 cm³/mol. The molecular weight excluding hydrogens is 268 g/mol. The molecule has 1 aromatic carbocycles. The molecule has 0 saturated carbocycles. The van der Waals surface area contributed by atoms with Crippen LogP contribution in [0.2, 0.25) is 0 Å². The molecule has 21 heavy (non-hydrogen) atoms. The van der Waals surface area contributed by atoms with Gasteiger partial charge in [-0.1, -0.05) is 0 Å². The van der Waals surface area contributed by atoms with Crippen molar-refractivity contribution in [1.29, 1.82) is 0 Å². The zero-order valence-corrected chi connectivity index (χ0v) is 13.2. The first kappa shape index (κ1) is 15.4. The van der Waals surface area contributed by atoms with E-state index in [1.165, 1.54) is 0 Å². The topological polar surface area (TPSA) is 56.5 Å². The second-order valence-electron chi connectivity index (χ2n) is 5.10. The van der Waals surface area contributed by atoms with Gasteiger partial charge in [-0.15, -0.1) is 0 Å². The van der Waals surface area contributed by atoms with Gasteiger partial charge in [0.15, 0.2) is 0 Å². The minimum atomic E-state index is -0.691. The van der Waals surface area contributed by atoms with Crippen LogP contribution in [-0.4, -0.2) is 29.1 Å². The number of aryl methyl sites for hydroxylation is 1. The number of benzene rings is 1. The third kappa shape index (κ3) is 3.03.